The SMILES string of the molecule is COc1cccc(C2c3cccn3CCCN2Cc2ccoc2)c1. The molecule has 1 unspecified atom stereocenters. The molecule has 1 aliphatic rings. The van der Waals surface area contributed by atoms with Gasteiger partial charge in [-0.25, -0.2) is 0 Å². The Hall–Kier alpha value is -2.46. The number of nitrogens with zero attached hydrogens (tertiary/aromatic N) is 2. The van der Waals surface area contributed by atoms with Crippen LogP contribution in [0.2, 0.25) is 0 Å². The van der Waals surface area contributed by atoms with E-state index in [2.05, 4.69) is 46.0 Å². The van der Waals surface area contributed by atoms with E-state index < -0.39 is 0 Å². The highest BCUT2D eigenvalue weighted by atomic mass is 16.5. The molecule has 3 aromatic rings. The molecule has 124 valence electrons. The zero-order chi connectivity index (χ0) is 16.4. The number of rotatable bonds is 4. The van der Waals surface area contributed by atoms with Crippen molar-refractivity contribution in [3.8, 4) is 5.75 Å². The van der Waals surface area contributed by atoms with Crippen molar-refractivity contribution < 1.29 is 9.15 Å². The number of furan rings is 1. The van der Waals surface area contributed by atoms with Crippen LogP contribution in [0.25, 0.3) is 0 Å². The van der Waals surface area contributed by atoms with Crippen molar-refractivity contribution in [2.24, 2.45) is 0 Å². The third-order valence-electron chi connectivity index (χ3n) is 4.73. The highest BCUT2D eigenvalue weighted by Gasteiger charge is 2.27. The molecule has 0 bridgehead atoms. The largest absolute Gasteiger partial charge is 0.497 e. The van der Waals surface area contributed by atoms with E-state index in [1.165, 1.54) is 16.8 Å². The minimum absolute atomic E-state index is 0.215. The monoisotopic (exact) mass is 322 g/mol. The maximum atomic E-state index is 5.45. The van der Waals surface area contributed by atoms with E-state index in [0.29, 0.717) is 0 Å². The fourth-order valence-corrected chi connectivity index (χ4v) is 3.62. The third-order valence-corrected chi connectivity index (χ3v) is 4.73. The summed E-state index contributed by atoms with van der Waals surface area (Å²) in [5, 5.41) is 0. The fraction of sp³-hybridized carbons (Fsp3) is 0.300. The van der Waals surface area contributed by atoms with Gasteiger partial charge in [-0.3, -0.25) is 4.90 Å². The lowest BCUT2D eigenvalue weighted by Crippen LogP contribution is -2.29. The number of methoxy groups -OCH3 is 1. The van der Waals surface area contributed by atoms with Crippen LogP contribution in [0, 0.1) is 0 Å². The van der Waals surface area contributed by atoms with Gasteiger partial charge in [0.2, 0.25) is 0 Å². The van der Waals surface area contributed by atoms with Gasteiger partial charge in [0.25, 0.3) is 0 Å². The maximum absolute atomic E-state index is 5.45. The topological polar surface area (TPSA) is 30.5 Å². The second-order valence-corrected chi connectivity index (χ2v) is 6.26. The van der Waals surface area contributed by atoms with Crippen molar-refractivity contribution in [1.82, 2.24) is 9.47 Å². The van der Waals surface area contributed by atoms with E-state index in [4.69, 9.17) is 9.15 Å². The van der Waals surface area contributed by atoms with Crippen LogP contribution < -0.4 is 4.74 Å². The summed E-state index contributed by atoms with van der Waals surface area (Å²) in [5.74, 6) is 0.901. The summed E-state index contributed by atoms with van der Waals surface area (Å²) >= 11 is 0. The molecule has 1 aromatic carbocycles. The van der Waals surface area contributed by atoms with Crippen molar-refractivity contribution in [2.75, 3.05) is 13.7 Å². The average molecular weight is 322 g/mol. The van der Waals surface area contributed by atoms with Gasteiger partial charge >= 0.3 is 0 Å². The van der Waals surface area contributed by atoms with E-state index in [0.717, 1.165) is 31.8 Å². The van der Waals surface area contributed by atoms with Crippen molar-refractivity contribution in [3.05, 3.63) is 78.0 Å². The molecule has 4 heteroatoms. The van der Waals surface area contributed by atoms with Gasteiger partial charge in [0.15, 0.2) is 0 Å². The van der Waals surface area contributed by atoms with Crippen molar-refractivity contribution >= 4 is 0 Å². The van der Waals surface area contributed by atoms with Gasteiger partial charge < -0.3 is 13.7 Å². The Kier molecular flexibility index (Phi) is 4.13. The molecule has 0 radical (unpaired) electrons. The standard InChI is InChI=1S/C20H22N2O2/c1-23-18-6-2-5-17(13-18)20-19-7-3-9-21(19)10-4-11-22(20)14-16-8-12-24-15-16/h2-3,5-9,12-13,15,20H,4,10-11,14H2,1H3. The smallest absolute Gasteiger partial charge is 0.119 e. The van der Waals surface area contributed by atoms with Gasteiger partial charge in [-0.2, -0.15) is 0 Å². The molecule has 0 aliphatic carbocycles. The van der Waals surface area contributed by atoms with Crippen LogP contribution in [0.3, 0.4) is 0 Å². The van der Waals surface area contributed by atoms with Crippen LogP contribution in [0.5, 0.6) is 5.75 Å². The molecule has 0 saturated heterocycles. The van der Waals surface area contributed by atoms with Gasteiger partial charge in [-0.05, 0) is 42.3 Å². The van der Waals surface area contributed by atoms with Gasteiger partial charge in [-0.1, -0.05) is 12.1 Å². The molecule has 0 spiro atoms. The first-order valence-electron chi connectivity index (χ1n) is 8.39. The second-order valence-electron chi connectivity index (χ2n) is 6.26. The predicted molar refractivity (Wildman–Crippen MR) is 93.0 cm³/mol. The average Bonchev–Trinajstić information content (AvgIpc) is 3.25. The number of hydrogen-bond donors (Lipinski definition) is 0. The lowest BCUT2D eigenvalue weighted by Gasteiger charge is -2.30. The number of benzene rings is 1. The van der Waals surface area contributed by atoms with Gasteiger partial charge in [0.05, 0.1) is 25.7 Å². The van der Waals surface area contributed by atoms with E-state index in [-0.39, 0.29) is 6.04 Å². The van der Waals surface area contributed by atoms with Gasteiger partial charge in [0.1, 0.15) is 5.75 Å². The first kappa shape index (κ1) is 15.1. The third kappa shape index (κ3) is 2.85. The number of ether oxygens (including phenoxy) is 1. The fourth-order valence-electron chi connectivity index (χ4n) is 3.62. The van der Waals surface area contributed by atoms with Crippen LogP contribution in [-0.2, 0) is 13.1 Å². The van der Waals surface area contributed by atoms with E-state index in [1.807, 2.05) is 18.4 Å². The molecule has 4 nitrogen and oxygen atoms in total. The molecule has 0 fully saturated rings. The molecule has 1 atom stereocenters. The molecule has 3 heterocycles. The summed E-state index contributed by atoms with van der Waals surface area (Å²) < 4.78 is 13.1. The maximum Gasteiger partial charge on any atom is 0.119 e. The summed E-state index contributed by atoms with van der Waals surface area (Å²) in [7, 11) is 1.72. The lowest BCUT2D eigenvalue weighted by molar-refractivity contribution is 0.219. The Balaban J connectivity index is 1.76. The Bertz CT molecular complexity index is 792. The first-order chi connectivity index (χ1) is 11.8. The van der Waals surface area contributed by atoms with Crippen LogP contribution in [-0.4, -0.2) is 23.1 Å². The number of aryl methyl sites for hydroxylation is 1. The summed E-state index contributed by atoms with van der Waals surface area (Å²) in [6.07, 6.45) is 6.91. The molecular formula is C20H22N2O2. The Morgan fingerprint density at radius 2 is 2.12 bits per heavy atom. The number of hydrogen-bond acceptors (Lipinski definition) is 3. The van der Waals surface area contributed by atoms with Crippen molar-refractivity contribution in [2.45, 2.75) is 25.6 Å². The number of aromatic nitrogens is 1. The first-order valence-corrected chi connectivity index (χ1v) is 8.39. The van der Waals surface area contributed by atoms with E-state index >= 15 is 0 Å². The van der Waals surface area contributed by atoms with Crippen molar-refractivity contribution in [3.63, 3.8) is 0 Å². The summed E-state index contributed by atoms with van der Waals surface area (Å²) in [4.78, 5) is 2.53. The summed E-state index contributed by atoms with van der Waals surface area (Å²) in [5.41, 5.74) is 3.81. The van der Waals surface area contributed by atoms with E-state index in [1.54, 1.807) is 13.4 Å². The Morgan fingerprint density at radius 1 is 1.17 bits per heavy atom. The zero-order valence-electron chi connectivity index (χ0n) is 13.9. The Morgan fingerprint density at radius 3 is 2.96 bits per heavy atom. The second kappa shape index (κ2) is 6.57. The summed E-state index contributed by atoms with van der Waals surface area (Å²) in [6.45, 7) is 2.99. The molecule has 0 saturated carbocycles. The highest BCUT2D eigenvalue weighted by molar-refractivity contribution is 5.36. The van der Waals surface area contributed by atoms with Gasteiger partial charge in [-0.15, -0.1) is 0 Å². The van der Waals surface area contributed by atoms with Crippen LogP contribution in [0.4, 0.5) is 0 Å². The zero-order valence-corrected chi connectivity index (χ0v) is 13.9. The molecule has 1 aliphatic heterocycles. The van der Waals surface area contributed by atoms with E-state index in [9.17, 15) is 0 Å². The van der Waals surface area contributed by atoms with Crippen LogP contribution in [0.1, 0.15) is 29.3 Å². The quantitative estimate of drug-likeness (QED) is 0.725. The Labute approximate surface area is 142 Å². The molecule has 4 rings (SSSR count). The van der Waals surface area contributed by atoms with Crippen LogP contribution in [0.15, 0.2) is 65.6 Å². The molecule has 2 aromatic heterocycles. The lowest BCUT2D eigenvalue weighted by atomic mass is 10.0. The summed E-state index contributed by atoms with van der Waals surface area (Å²) in [6, 6.07) is 15.1. The minimum Gasteiger partial charge on any atom is -0.497 e. The molecule has 0 amide bonds. The molecule has 0 N–H and O–H groups in total. The van der Waals surface area contributed by atoms with Crippen LogP contribution >= 0.6 is 0 Å². The minimum atomic E-state index is 0.215. The van der Waals surface area contributed by atoms with Gasteiger partial charge in [0, 0.05) is 37.1 Å². The van der Waals surface area contributed by atoms with Crippen molar-refractivity contribution in [1.29, 1.82) is 0 Å². The number of fused-ring (bicyclic) bond motifs is 1. The molecular weight excluding hydrogens is 300 g/mol. The molecule has 24 heavy (non-hydrogen) atoms. The normalized spacial score (nSPS) is 18.1. The predicted octanol–water partition coefficient (Wildman–Crippen LogP) is 4.09. The highest BCUT2D eigenvalue weighted by Crippen LogP contribution is 2.34.